The van der Waals surface area contributed by atoms with Crippen LogP contribution in [0.25, 0.3) is 0 Å². The second-order valence-electron chi connectivity index (χ2n) is 5.33. The molecular formula is C17H18N4O4S. The van der Waals surface area contributed by atoms with Gasteiger partial charge in [-0.05, 0) is 54.6 Å². The summed E-state index contributed by atoms with van der Waals surface area (Å²) in [5.74, 6) is -0.600. The van der Waals surface area contributed by atoms with Crippen LogP contribution in [-0.2, 0) is 15.0 Å². The number of rotatable bonds is 6. The maximum atomic E-state index is 12.3. The third kappa shape index (κ3) is 5.16. The van der Waals surface area contributed by atoms with E-state index in [9.17, 15) is 18.0 Å². The number of nitrogens with two attached hydrogens (primary N) is 1. The first-order valence-electron chi connectivity index (χ1n) is 7.42. The van der Waals surface area contributed by atoms with Crippen molar-refractivity contribution in [3.8, 4) is 0 Å². The second kappa shape index (κ2) is 7.81. The van der Waals surface area contributed by atoms with Gasteiger partial charge in [0.2, 0.25) is 5.91 Å². The van der Waals surface area contributed by atoms with Crippen LogP contribution in [0.2, 0.25) is 0 Å². The van der Waals surface area contributed by atoms with E-state index in [0.717, 1.165) is 0 Å². The summed E-state index contributed by atoms with van der Waals surface area (Å²) in [5, 5.41) is 7.57. The molecule has 0 spiro atoms. The van der Waals surface area contributed by atoms with Crippen molar-refractivity contribution in [1.29, 1.82) is 0 Å². The zero-order valence-corrected chi connectivity index (χ0v) is 14.8. The van der Waals surface area contributed by atoms with Crippen molar-refractivity contribution in [3.05, 3.63) is 66.7 Å². The lowest BCUT2D eigenvalue weighted by Gasteiger charge is -2.15. The van der Waals surface area contributed by atoms with Crippen LogP contribution >= 0.6 is 0 Å². The Labute approximate surface area is 151 Å². The van der Waals surface area contributed by atoms with E-state index in [2.05, 4.69) is 16.6 Å². The zero-order chi connectivity index (χ0) is 19.3. The monoisotopic (exact) mass is 374 g/mol. The first kappa shape index (κ1) is 19.2. The van der Waals surface area contributed by atoms with Crippen molar-refractivity contribution in [2.24, 2.45) is 5.14 Å². The molecule has 0 bridgehead atoms. The van der Waals surface area contributed by atoms with Crippen molar-refractivity contribution < 1.29 is 18.0 Å². The van der Waals surface area contributed by atoms with Gasteiger partial charge in [-0.1, -0.05) is 6.58 Å². The van der Waals surface area contributed by atoms with Crippen LogP contribution < -0.4 is 20.1 Å². The van der Waals surface area contributed by atoms with Crippen molar-refractivity contribution in [2.75, 3.05) is 22.0 Å². The van der Waals surface area contributed by atoms with Crippen LogP contribution in [0.4, 0.5) is 17.1 Å². The fourth-order valence-corrected chi connectivity index (χ4v) is 2.55. The lowest BCUT2D eigenvalue weighted by atomic mass is 10.1. The third-order valence-corrected chi connectivity index (χ3v) is 3.95. The van der Waals surface area contributed by atoms with Crippen LogP contribution in [0, 0.1) is 0 Å². The molecule has 0 aliphatic rings. The molecule has 2 aromatic carbocycles. The van der Waals surface area contributed by atoms with E-state index in [4.69, 9.17) is 5.14 Å². The standard InChI is InChI=1S/C17H18N4O4S/c1-3-16(22)21(2)15-10-4-12(5-11-15)17(23)19-13-6-8-14(9-7-13)20-26(18,24)25/h3-11,20H,1H2,2H3,(H,19,23)(H2,18,24,25). The molecule has 2 aromatic rings. The molecule has 0 heterocycles. The number of benzene rings is 2. The molecule has 0 atom stereocenters. The largest absolute Gasteiger partial charge is 0.322 e. The quantitative estimate of drug-likeness (QED) is 0.666. The number of anilines is 3. The summed E-state index contributed by atoms with van der Waals surface area (Å²) < 4.78 is 24.0. The van der Waals surface area contributed by atoms with Crippen molar-refractivity contribution in [3.63, 3.8) is 0 Å². The summed E-state index contributed by atoms with van der Waals surface area (Å²) in [7, 11) is -2.24. The van der Waals surface area contributed by atoms with E-state index in [1.165, 1.54) is 35.2 Å². The smallest absolute Gasteiger partial charge is 0.296 e. The summed E-state index contributed by atoms with van der Waals surface area (Å²) in [6.45, 7) is 3.43. The van der Waals surface area contributed by atoms with Gasteiger partial charge in [-0.25, -0.2) is 5.14 Å². The first-order chi connectivity index (χ1) is 12.2. The summed E-state index contributed by atoms with van der Waals surface area (Å²) in [4.78, 5) is 25.2. The highest BCUT2D eigenvalue weighted by Crippen LogP contribution is 2.17. The van der Waals surface area contributed by atoms with E-state index >= 15 is 0 Å². The molecule has 0 radical (unpaired) electrons. The fourth-order valence-electron chi connectivity index (χ4n) is 2.09. The summed E-state index contributed by atoms with van der Waals surface area (Å²) >= 11 is 0. The predicted molar refractivity (Wildman–Crippen MR) is 101 cm³/mol. The Morgan fingerprint density at radius 3 is 2.08 bits per heavy atom. The maximum absolute atomic E-state index is 12.3. The van der Waals surface area contributed by atoms with Gasteiger partial charge in [0.05, 0.1) is 0 Å². The van der Waals surface area contributed by atoms with Crippen LogP contribution in [0.15, 0.2) is 61.2 Å². The Hall–Kier alpha value is -3.17. The molecule has 26 heavy (non-hydrogen) atoms. The molecule has 4 N–H and O–H groups in total. The van der Waals surface area contributed by atoms with E-state index in [1.54, 1.807) is 31.3 Å². The molecule has 0 saturated carbocycles. The average molecular weight is 374 g/mol. The Bertz CT molecular complexity index is 922. The van der Waals surface area contributed by atoms with Crippen molar-refractivity contribution in [2.45, 2.75) is 0 Å². The average Bonchev–Trinajstić information content (AvgIpc) is 2.61. The van der Waals surface area contributed by atoms with E-state index in [0.29, 0.717) is 16.9 Å². The molecule has 0 saturated heterocycles. The van der Waals surface area contributed by atoms with E-state index in [1.807, 2.05) is 0 Å². The van der Waals surface area contributed by atoms with Gasteiger partial charge < -0.3 is 10.2 Å². The molecule has 0 aliphatic carbocycles. The molecule has 0 aliphatic heterocycles. The Kier molecular flexibility index (Phi) is 5.75. The second-order valence-corrected chi connectivity index (χ2v) is 6.62. The molecule has 0 fully saturated rings. The van der Waals surface area contributed by atoms with Gasteiger partial charge in [0.25, 0.3) is 16.1 Å². The number of nitrogens with zero attached hydrogens (tertiary/aromatic N) is 1. The molecule has 2 amide bonds. The van der Waals surface area contributed by atoms with Crippen LogP contribution in [-0.4, -0.2) is 27.3 Å². The molecule has 8 nitrogen and oxygen atoms in total. The van der Waals surface area contributed by atoms with Crippen LogP contribution in [0.5, 0.6) is 0 Å². The molecular weight excluding hydrogens is 356 g/mol. The minimum absolute atomic E-state index is 0.254. The Morgan fingerprint density at radius 1 is 1.04 bits per heavy atom. The van der Waals surface area contributed by atoms with Gasteiger partial charge in [-0.3, -0.25) is 14.3 Å². The summed E-state index contributed by atoms with van der Waals surface area (Å²) in [5.41, 5.74) is 1.80. The van der Waals surface area contributed by atoms with E-state index < -0.39 is 10.2 Å². The number of hydrogen-bond acceptors (Lipinski definition) is 4. The zero-order valence-electron chi connectivity index (χ0n) is 14.0. The maximum Gasteiger partial charge on any atom is 0.296 e. The van der Waals surface area contributed by atoms with Gasteiger partial charge in [0.1, 0.15) is 0 Å². The van der Waals surface area contributed by atoms with Gasteiger partial charge in [-0.2, -0.15) is 8.42 Å². The summed E-state index contributed by atoms with van der Waals surface area (Å²) in [6, 6.07) is 12.5. The van der Waals surface area contributed by atoms with Gasteiger partial charge in [0.15, 0.2) is 0 Å². The Balaban J connectivity index is 2.05. The molecule has 0 unspecified atom stereocenters. The van der Waals surface area contributed by atoms with Crippen molar-refractivity contribution >= 4 is 39.1 Å². The highest BCUT2D eigenvalue weighted by atomic mass is 32.2. The summed E-state index contributed by atoms with van der Waals surface area (Å²) in [6.07, 6.45) is 1.20. The number of nitrogens with one attached hydrogen (secondary N) is 2. The van der Waals surface area contributed by atoms with Gasteiger partial charge >= 0.3 is 0 Å². The van der Waals surface area contributed by atoms with Crippen LogP contribution in [0.3, 0.4) is 0 Å². The topological polar surface area (TPSA) is 122 Å². The minimum atomic E-state index is -3.85. The fraction of sp³-hybridized carbons (Fsp3) is 0.0588. The van der Waals surface area contributed by atoms with E-state index in [-0.39, 0.29) is 17.5 Å². The van der Waals surface area contributed by atoms with Crippen LogP contribution in [0.1, 0.15) is 10.4 Å². The number of amides is 2. The lowest BCUT2D eigenvalue weighted by Crippen LogP contribution is -2.23. The predicted octanol–water partition coefficient (Wildman–Crippen LogP) is 1.70. The highest BCUT2D eigenvalue weighted by molar-refractivity contribution is 7.90. The third-order valence-electron chi connectivity index (χ3n) is 3.42. The minimum Gasteiger partial charge on any atom is -0.322 e. The van der Waals surface area contributed by atoms with Gasteiger partial charge in [-0.15, -0.1) is 0 Å². The van der Waals surface area contributed by atoms with Crippen molar-refractivity contribution in [1.82, 2.24) is 0 Å². The molecule has 2 rings (SSSR count). The lowest BCUT2D eigenvalue weighted by molar-refractivity contribution is -0.113. The number of carbonyl (C=O) groups is 2. The molecule has 0 aromatic heterocycles. The molecule has 9 heteroatoms. The number of likely N-dealkylation sites (N-methyl/N-ethyl adjacent to an activating group) is 1. The number of carbonyl (C=O) groups excluding carboxylic acids is 2. The SMILES string of the molecule is C=CC(=O)N(C)c1ccc(C(=O)Nc2ccc(NS(N)(=O)=O)cc2)cc1. The normalized spacial score (nSPS) is 10.7. The van der Waals surface area contributed by atoms with Gasteiger partial charge in [0, 0.05) is 29.7 Å². The first-order valence-corrected chi connectivity index (χ1v) is 8.96. The number of hydrogen-bond donors (Lipinski definition) is 3. The molecule has 136 valence electrons. The highest BCUT2D eigenvalue weighted by Gasteiger charge is 2.10. The Morgan fingerprint density at radius 2 is 1.58 bits per heavy atom.